The number of carbonyl (C=O) groups excluding carboxylic acids is 3. The lowest BCUT2D eigenvalue weighted by Gasteiger charge is -2.39. The average Bonchev–Trinajstić information content (AvgIpc) is 3.01. The Hall–Kier alpha value is -2.61. The van der Waals surface area contributed by atoms with Crippen molar-refractivity contribution < 1.29 is 23.9 Å². The molecule has 1 aromatic rings. The van der Waals surface area contributed by atoms with Gasteiger partial charge in [0, 0.05) is 25.2 Å². The Balaban J connectivity index is 1.41. The van der Waals surface area contributed by atoms with Crippen molar-refractivity contribution in [3.05, 3.63) is 29.3 Å². The lowest BCUT2D eigenvalue weighted by atomic mass is 9.83. The Morgan fingerprint density at radius 3 is 2.67 bits per heavy atom. The SMILES string of the molecule is CC(C)(C)OC(=O)N1CCC2(CC1)OCc1cc(NC3CCC(=O)NC3=O)ccc12. The van der Waals surface area contributed by atoms with E-state index in [9.17, 15) is 14.4 Å². The predicted octanol–water partition coefficient (Wildman–Crippen LogP) is 2.66. The highest BCUT2D eigenvalue weighted by Crippen LogP contribution is 2.45. The fourth-order valence-electron chi connectivity index (χ4n) is 4.36. The molecule has 3 heterocycles. The Morgan fingerprint density at radius 1 is 1.27 bits per heavy atom. The zero-order valence-corrected chi connectivity index (χ0v) is 17.7. The molecule has 3 amide bonds. The molecule has 1 unspecified atom stereocenters. The topological polar surface area (TPSA) is 97.0 Å². The van der Waals surface area contributed by atoms with Crippen molar-refractivity contribution in [2.24, 2.45) is 0 Å². The maximum absolute atomic E-state index is 12.3. The molecule has 0 bridgehead atoms. The highest BCUT2D eigenvalue weighted by Gasteiger charge is 2.44. The van der Waals surface area contributed by atoms with Gasteiger partial charge in [-0.15, -0.1) is 0 Å². The zero-order chi connectivity index (χ0) is 21.5. The number of likely N-dealkylation sites (tertiary alicyclic amines) is 1. The smallest absolute Gasteiger partial charge is 0.410 e. The molecule has 8 nitrogen and oxygen atoms in total. The Kier molecular flexibility index (Phi) is 5.22. The summed E-state index contributed by atoms with van der Waals surface area (Å²) in [6.45, 7) is 7.29. The van der Waals surface area contributed by atoms with Crippen LogP contribution in [0.1, 0.15) is 57.6 Å². The maximum atomic E-state index is 12.3. The van der Waals surface area contributed by atoms with Crippen LogP contribution in [-0.4, -0.2) is 47.5 Å². The van der Waals surface area contributed by atoms with Crippen LogP contribution in [0.2, 0.25) is 0 Å². The normalized spacial score (nSPS) is 23.2. The standard InChI is InChI=1S/C22H29N3O5/c1-21(2,3)30-20(28)25-10-8-22(9-11-25)16-5-4-15(12-14(16)13-29-22)23-17-6-7-18(26)24-19(17)27/h4-5,12,17,23H,6-11,13H2,1-3H3,(H,24,26,27). The fourth-order valence-corrected chi connectivity index (χ4v) is 4.36. The number of imide groups is 1. The van der Waals surface area contributed by atoms with E-state index in [1.165, 1.54) is 0 Å². The van der Waals surface area contributed by atoms with Crippen molar-refractivity contribution in [2.75, 3.05) is 18.4 Å². The largest absolute Gasteiger partial charge is 0.444 e. The molecule has 2 N–H and O–H groups in total. The molecule has 1 atom stereocenters. The molecule has 0 saturated carbocycles. The molecule has 0 aliphatic carbocycles. The van der Waals surface area contributed by atoms with Gasteiger partial charge in [0.25, 0.3) is 0 Å². The predicted molar refractivity (Wildman–Crippen MR) is 110 cm³/mol. The number of rotatable bonds is 2. The highest BCUT2D eigenvalue weighted by molar-refractivity contribution is 6.01. The van der Waals surface area contributed by atoms with Gasteiger partial charge in [0.05, 0.1) is 12.2 Å². The first kappa shape index (κ1) is 20.7. The minimum Gasteiger partial charge on any atom is -0.444 e. The van der Waals surface area contributed by atoms with E-state index in [4.69, 9.17) is 9.47 Å². The lowest BCUT2D eigenvalue weighted by molar-refractivity contribution is -0.133. The third kappa shape index (κ3) is 4.14. The summed E-state index contributed by atoms with van der Waals surface area (Å²) in [7, 11) is 0. The van der Waals surface area contributed by atoms with Crippen LogP contribution in [0.5, 0.6) is 0 Å². The summed E-state index contributed by atoms with van der Waals surface area (Å²) in [6, 6.07) is 5.63. The second kappa shape index (κ2) is 7.58. The molecular formula is C22H29N3O5. The van der Waals surface area contributed by atoms with Crippen LogP contribution in [-0.2, 0) is 31.3 Å². The van der Waals surface area contributed by atoms with Crippen molar-refractivity contribution in [3.63, 3.8) is 0 Å². The molecule has 0 radical (unpaired) electrons. The average molecular weight is 415 g/mol. The number of piperidine rings is 2. The summed E-state index contributed by atoms with van der Waals surface area (Å²) in [5, 5.41) is 5.59. The van der Waals surface area contributed by atoms with E-state index in [0.717, 1.165) is 29.7 Å². The van der Waals surface area contributed by atoms with E-state index < -0.39 is 11.6 Å². The molecule has 2 fully saturated rings. The Bertz CT molecular complexity index is 868. The van der Waals surface area contributed by atoms with Crippen LogP contribution in [0.25, 0.3) is 0 Å². The summed E-state index contributed by atoms with van der Waals surface area (Å²) in [6.07, 6.45) is 2.00. The van der Waals surface area contributed by atoms with Gasteiger partial charge in [-0.25, -0.2) is 4.79 Å². The minimum atomic E-state index is -0.505. The third-order valence-corrected chi connectivity index (χ3v) is 5.90. The third-order valence-electron chi connectivity index (χ3n) is 5.90. The number of nitrogens with zero attached hydrogens (tertiary/aromatic N) is 1. The number of benzene rings is 1. The Morgan fingerprint density at radius 2 is 2.00 bits per heavy atom. The van der Waals surface area contributed by atoms with Gasteiger partial charge >= 0.3 is 6.09 Å². The van der Waals surface area contributed by atoms with Gasteiger partial charge in [-0.05, 0) is 63.3 Å². The van der Waals surface area contributed by atoms with E-state index >= 15 is 0 Å². The monoisotopic (exact) mass is 415 g/mol. The number of nitrogens with one attached hydrogen (secondary N) is 2. The van der Waals surface area contributed by atoms with Crippen molar-refractivity contribution in [2.45, 2.75) is 70.3 Å². The summed E-state index contributed by atoms with van der Waals surface area (Å²) < 4.78 is 11.7. The van der Waals surface area contributed by atoms with Gasteiger partial charge < -0.3 is 19.7 Å². The summed E-state index contributed by atoms with van der Waals surface area (Å²) >= 11 is 0. The van der Waals surface area contributed by atoms with E-state index in [1.807, 2.05) is 32.9 Å². The van der Waals surface area contributed by atoms with Crippen LogP contribution in [0, 0.1) is 0 Å². The van der Waals surface area contributed by atoms with Crippen molar-refractivity contribution in [3.8, 4) is 0 Å². The number of anilines is 1. The van der Waals surface area contributed by atoms with Gasteiger partial charge in [-0.3, -0.25) is 14.9 Å². The minimum absolute atomic E-state index is 0.222. The molecule has 3 aliphatic heterocycles. The molecule has 1 aromatic carbocycles. The summed E-state index contributed by atoms with van der Waals surface area (Å²) in [5.74, 6) is -0.506. The van der Waals surface area contributed by atoms with Crippen LogP contribution >= 0.6 is 0 Å². The second-order valence-corrected chi connectivity index (χ2v) is 9.27. The zero-order valence-electron chi connectivity index (χ0n) is 17.7. The molecule has 3 aliphatic rings. The number of ether oxygens (including phenoxy) is 2. The second-order valence-electron chi connectivity index (χ2n) is 9.27. The van der Waals surface area contributed by atoms with Crippen LogP contribution in [0.15, 0.2) is 18.2 Å². The van der Waals surface area contributed by atoms with Crippen molar-refractivity contribution >= 4 is 23.6 Å². The summed E-state index contributed by atoms with van der Waals surface area (Å²) in [4.78, 5) is 37.4. The first-order chi connectivity index (χ1) is 14.2. The fraction of sp³-hybridized carbons (Fsp3) is 0.591. The van der Waals surface area contributed by atoms with Crippen molar-refractivity contribution in [1.29, 1.82) is 0 Å². The summed E-state index contributed by atoms with van der Waals surface area (Å²) in [5.41, 5.74) is 2.21. The van der Waals surface area contributed by atoms with E-state index in [0.29, 0.717) is 32.5 Å². The Labute approximate surface area is 176 Å². The number of hydrogen-bond acceptors (Lipinski definition) is 6. The van der Waals surface area contributed by atoms with Gasteiger partial charge in [0.15, 0.2) is 0 Å². The van der Waals surface area contributed by atoms with Gasteiger partial charge in [-0.1, -0.05) is 6.07 Å². The van der Waals surface area contributed by atoms with Crippen LogP contribution in [0.4, 0.5) is 10.5 Å². The number of amides is 3. The number of fused-ring (bicyclic) bond motifs is 2. The molecule has 1 spiro atoms. The molecular weight excluding hydrogens is 386 g/mol. The van der Waals surface area contributed by atoms with E-state index in [-0.39, 0.29) is 23.5 Å². The van der Waals surface area contributed by atoms with Gasteiger partial charge in [0.1, 0.15) is 11.6 Å². The van der Waals surface area contributed by atoms with Crippen LogP contribution in [0.3, 0.4) is 0 Å². The van der Waals surface area contributed by atoms with Gasteiger partial charge in [-0.2, -0.15) is 0 Å². The highest BCUT2D eigenvalue weighted by atomic mass is 16.6. The first-order valence-electron chi connectivity index (χ1n) is 10.5. The van der Waals surface area contributed by atoms with E-state index in [1.54, 1.807) is 4.90 Å². The lowest BCUT2D eigenvalue weighted by Crippen LogP contribution is -2.47. The number of hydrogen-bond donors (Lipinski definition) is 2. The maximum Gasteiger partial charge on any atom is 0.410 e. The van der Waals surface area contributed by atoms with Crippen molar-refractivity contribution in [1.82, 2.24) is 10.2 Å². The quantitative estimate of drug-likeness (QED) is 0.721. The van der Waals surface area contributed by atoms with Gasteiger partial charge in [0.2, 0.25) is 11.8 Å². The molecule has 8 heteroatoms. The first-order valence-corrected chi connectivity index (χ1v) is 10.5. The molecule has 30 heavy (non-hydrogen) atoms. The molecule has 4 rings (SSSR count). The molecule has 162 valence electrons. The number of carbonyl (C=O) groups is 3. The molecule has 2 saturated heterocycles. The van der Waals surface area contributed by atoms with E-state index in [2.05, 4.69) is 16.7 Å². The van der Waals surface area contributed by atoms with Crippen LogP contribution < -0.4 is 10.6 Å². The molecule has 0 aromatic heterocycles.